The molecule has 0 aliphatic carbocycles. The fraction of sp³-hybridized carbons (Fsp3) is 0.333. The Kier molecular flexibility index (Phi) is 3.90. The number of nitrogens with one attached hydrogen (secondary N) is 3. The van der Waals surface area contributed by atoms with Gasteiger partial charge in [-0.1, -0.05) is 18.2 Å². The van der Waals surface area contributed by atoms with Gasteiger partial charge < -0.3 is 16.0 Å². The van der Waals surface area contributed by atoms with E-state index in [9.17, 15) is 0 Å². The summed E-state index contributed by atoms with van der Waals surface area (Å²) in [5.74, 6) is 0.961. The molecule has 0 bridgehead atoms. The van der Waals surface area contributed by atoms with E-state index in [1.807, 2.05) is 29.9 Å². The van der Waals surface area contributed by atoms with Crippen LogP contribution in [0.1, 0.15) is 16.8 Å². The molecule has 0 unspecified atom stereocenters. The van der Waals surface area contributed by atoms with Crippen molar-refractivity contribution in [1.82, 2.24) is 15.1 Å². The molecule has 21 heavy (non-hydrogen) atoms. The predicted molar refractivity (Wildman–Crippen MR) is 89.6 cm³/mol. The number of aryl methyl sites for hydroxylation is 2. The van der Waals surface area contributed by atoms with Gasteiger partial charge in [-0.05, 0) is 30.8 Å². The molecule has 2 heterocycles. The lowest BCUT2D eigenvalue weighted by molar-refractivity contribution is 0.633. The van der Waals surface area contributed by atoms with Crippen molar-refractivity contribution in [2.75, 3.05) is 17.2 Å². The molecular formula is C15H19N5S. The number of thiocarbonyl (C=S) groups is 1. The molecule has 0 saturated carbocycles. The molecule has 1 aromatic heterocycles. The number of anilines is 2. The van der Waals surface area contributed by atoms with Crippen molar-refractivity contribution < 1.29 is 0 Å². The molecule has 2 aromatic rings. The molecule has 0 spiro atoms. The minimum absolute atomic E-state index is 0.584. The minimum Gasteiger partial charge on any atom is -0.332 e. The highest BCUT2D eigenvalue weighted by atomic mass is 32.1. The summed E-state index contributed by atoms with van der Waals surface area (Å²) in [5, 5.41) is 15.0. The quantitative estimate of drug-likeness (QED) is 0.742. The fourth-order valence-electron chi connectivity index (χ4n) is 2.56. The largest absolute Gasteiger partial charge is 0.332 e. The molecule has 1 aliphatic rings. The number of hydrogen-bond acceptors (Lipinski definition) is 3. The minimum atomic E-state index is 0.584. The Balaban J connectivity index is 1.76. The van der Waals surface area contributed by atoms with Crippen LogP contribution in [0, 0.1) is 6.92 Å². The second kappa shape index (κ2) is 5.83. The van der Waals surface area contributed by atoms with Gasteiger partial charge in [0.25, 0.3) is 0 Å². The maximum absolute atomic E-state index is 5.42. The molecule has 3 N–H and O–H groups in total. The standard InChI is InChI=1S/C15H19N5S/c1-10-5-3-4-6-12(10)17-15(21)18-14-11-9-16-8-7-13(11)19-20(14)2/h3-6,16H,7-9H2,1-2H3,(H2,17,18,21). The van der Waals surface area contributed by atoms with Gasteiger partial charge in [0.1, 0.15) is 5.82 Å². The Labute approximate surface area is 129 Å². The van der Waals surface area contributed by atoms with Crippen LogP contribution in [0.4, 0.5) is 11.5 Å². The average Bonchev–Trinajstić information content (AvgIpc) is 2.78. The predicted octanol–water partition coefficient (Wildman–Crippen LogP) is 2.18. The number of fused-ring (bicyclic) bond motifs is 1. The van der Waals surface area contributed by atoms with E-state index in [-0.39, 0.29) is 0 Å². The van der Waals surface area contributed by atoms with E-state index in [1.165, 1.54) is 5.56 Å². The van der Waals surface area contributed by atoms with E-state index in [0.717, 1.165) is 42.3 Å². The Morgan fingerprint density at radius 3 is 2.95 bits per heavy atom. The second-order valence-electron chi connectivity index (χ2n) is 5.22. The molecule has 1 aliphatic heterocycles. The van der Waals surface area contributed by atoms with Crippen molar-refractivity contribution in [3.63, 3.8) is 0 Å². The van der Waals surface area contributed by atoms with Crippen LogP contribution in [0.25, 0.3) is 0 Å². The number of aromatic nitrogens is 2. The van der Waals surface area contributed by atoms with Crippen molar-refractivity contribution in [2.45, 2.75) is 19.9 Å². The number of benzene rings is 1. The Morgan fingerprint density at radius 2 is 2.14 bits per heavy atom. The van der Waals surface area contributed by atoms with E-state index in [4.69, 9.17) is 12.2 Å². The molecule has 0 radical (unpaired) electrons. The third-order valence-corrected chi connectivity index (χ3v) is 3.90. The third-order valence-electron chi connectivity index (χ3n) is 3.69. The van der Waals surface area contributed by atoms with Crippen molar-refractivity contribution >= 4 is 28.8 Å². The van der Waals surface area contributed by atoms with Crippen molar-refractivity contribution in [3.05, 3.63) is 41.1 Å². The lowest BCUT2D eigenvalue weighted by Gasteiger charge is -2.16. The maximum Gasteiger partial charge on any atom is 0.176 e. The van der Waals surface area contributed by atoms with Gasteiger partial charge in [0.2, 0.25) is 0 Å². The first-order valence-corrected chi connectivity index (χ1v) is 7.45. The Hall–Kier alpha value is -1.92. The van der Waals surface area contributed by atoms with Crippen LogP contribution < -0.4 is 16.0 Å². The fourth-order valence-corrected chi connectivity index (χ4v) is 2.77. The summed E-state index contributed by atoms with van der Waals surface area (Å²) in [6.45, 7) is 3.87. The highest BCUT2D eigenvalue weighted by molar-refractivity contribution is 7.80. The second-order valence-corrected chi connectivity index (χ2v) is 5.63. The highest BCUT2D eigenvalue weighted by Crippen LogP contribution is 2.22. The van der Waals surface area contributed by atoms with Crippen LogP contribution in [0.3, 0.4) is 0 Å². The van der Waals surface area contributed by atoms with Crippen LogP contribution in [0.5, 0.6) is 0 Å². The zero-order valence-electron chi connectivity index (χ0n) is 12.2. The number of rotatable bonds is 2. The zero-order chi connectivity index (χ0) is 14.8. The van der Waals surface area contributed by atoms with E-state index < -0.39 is 0 Å². The summed E-state index contributed by atoms with van der Waals surface area (Å²) in [7, 11) is 1.94. The summed E-state index contributed by atoms with van der Waals surface area (Å²) in [6, 6.07) is 8.08. The van der Waals surface area contributed by atoms with Gasteiger partial charge in [0, 0.05) is 37.8 Å². The molecule has 0 saturated heterocycles. The van der Waals surface area contributed by atoms with Crippen LogP contribution in [-0.4, -0.2) is 21.4 Å². The lowest BCUT2D eigenvalue weighted by atomic mass is 10.1. The van der Waals surface area contributed by atoms with E-state index >= 15 is 0 Å². The molecule has 0 atom stereocenters. The van der Waals surface area contributed by atoms with Crippen LogP contribution >= 0.6 is 12.2 Å². The van der Waals surface area contributed by atoms with E-state index in [0.29, 0.717) is 5.11 Å². The van der Waals surface area contributed by atoms with Crippen molar-refractivity contribution in [3.8, 4) is 0 Å². The SMILES string of the molecule is Cc1ccccc1NC(=S)Nc1c2c(nn1C)CCNC2. The smallest absolute Gasteiger partial charge is 0.176 e. The summed E-state index contributed by atoms with van der Waals surface area (Å²) >= 11 is 5.42. The van der Waals surface area contributed by atoms with Gasteiger partial charge in [-0.3, -0.25) is 4.68 Å². The number of nitrogens with zero attached hydrogens (tertiary/aromatic N) is 2. The molecule has 0 amide bonds. The monoisotopic (exact) mass is 301 g/mol. The molecule has 1 aromatic carbocycles. The van der Waals surface area contributed by atoms with Gasteiger partial charge in [-0.25, -0.2) is 0 Å². The normalized spacial score (nSPS) is 13.6. The third kappa shape index (κ3) is 2.91. The molecule has 3 rings (SSSR count). The average molecular weight is 301 g/mol. The highest BCUT2D eigenvalue weighted by Gasteiger charge is 2.19. The summed E-state index contributed by atoms with van der Waals surface area (Å²) in [4.78, 5) is 0. The Bertz CT molecular complexity index is 677. The molecule has 5 nitrogen and oxygen atoms in total. The molecule has 0 fully saturated rings. The van der Waals surface area contributed by atoms with E-state index in [2.05, 4.69) is 34.0 Å². The van der Waals surface area contributed by atoms with Gasteiger partial charge in [-0.15, -0.1) is 0 Å². The van der Waals surface area contributed by atoms with E-state index in [1.54, 1.807) is 0 Å². The molecular weight excluding hydrogens is 282 g/mol. The van der Waals surface area contributed by atoms with Crippen LogP contribution in [0.15, 0.2) is 24.3 Å². The van der Waals surface area contributed by atoms with Crippen molar-refractivity contribution in [1.29, 1.82) is 0 Å². The maximum atomic E-state index is 5.42. The van der Waals surface area contributed by atoms with Crippen LogP contribution in [-0.2, 0) is 20.0 Å². The first-order chi connectivity index (χ1) is 10.1. The number of para-hydroxylation sites is 1. The molecule has 6 heteroatoms. The lowest BCUT2D eigenvalue weighted by Crippen LogP contribution is -2.25. The Morgan fingerprint density at radius 1 is 1.33 bits per heavy atom. The number of hydrogen-bond donors (Lipinski definition) is 3. The zero-order valence-corrected chi connectivity index (χ0v) is 13.0. The van der Waals surface area contributed by atoms with Gasteiger partial charge in [0.15, 0.2) is 5.11 Å². The first-order valence-electron chi connectivity index (χ1n) is 7.04. The topological polar surface area (TPSA) is 53.9 Å². The summed E-state index contributed by atoms with van der Waals surface area (Å²) in [6.07, 6.45) is 0.961. The van der Waals surface area contributed by atoms with Gasteiger partial charge in [-0.2, -0.15) is 5.10 Å². The summed E-state index contributed by atoms with van der Waals surface area (Å²) in [5.41, 5.74) is 4.54. The summed E-state index contributed by atoms with van der Waals surface area (Å²) < 4.78 is 1.86. The molecule has 110 valence electrons. The van der Waals surface area contributed by atoms with Crippen molar-refractivity contribution in [2.24, 2.45) is 7.05 Å². The first kappa shape index (κ1) is 14.0. The van der Waals surface area contributed by atoms with Gasteiger partial charge >= 0.3 is 0 Å². The van der Waals surface area contributed by atoms with Gasteiger partial charge in [0.05, 0.1) is 5.69 Å². The van der Waals surface area contributed by atoms with Crippen LogP contribution in [0.2, 0.25) is 0 Å².